The maximum absolute atomic E-state index is 13.0. The second kappa shape index (κ2) is 10.7. The summed E-state index contributed by atoms with van der Waals surface area (Å²) in [6, 6.07) is 21.2. The van der Waals surface area contributed by atoms with Crippen LogP contribution in [0.25, 0.3) is 11.1 Å². The van der Waals surface area contributed by atoms with E-state index in [0.717, 1.165) is 35.1 Å². The zero-order valence-electron chi connectivity index (χ0n) is 19.2. The number of ketones is 1. The normalized spacial score (nSPS) is 18.3. The molecule has 176 valence electrons. The first kappa shape index (κ1) is 23.8. The number of amides is 1. The molecular formula is C28H30N2O4. The van der Waals surface area contributed by atoms with Crippen molar-refractivity contribution in [3.63, 3.8) is 0 Å². The number of pyridine rings is 1. The average molecular weight is 459 g/mol. The first-order chi connectivity index (χ1) is 16.5. The minimum Gasteiger partial charge on any atom is -0.382 e. The molecule has 2 N–H and O–H groups in total. The van der Waals surface area contributed by atoms with Gasteiger partial charge in [0.05, 0.1) is 6.04 Å². The van der Waals surface area contributed by atoms with Gasteiger partial charge in [0.1, 0.15) is 6.10 Å². The van der Waals surface area contributed by atoms with Crippen molar-refractivity contribution in [2.45, 2.75) is 50.4 Å². The van der Waals surface area contributed by atoms with Crippen molar-refractivity contribution in [2.24, 2.45) is 0 Å². The summed E-state index contributed by atoms with van der Waals surface area (Å²) in [5.41, 5.74) is 4.04. The summed E-state index contributed by atoms with van der Waals surface area (Å²) in [6.45, 7) is 2.39. The van der Waals surface area contributed by atoms with Crippen molar-refractivity contribution in [3.8, 4) is 11.1 Å². The third-order valence-electron chi connectivity index (χ3n) is 6.60. The summed E-state index contributed by atoms with van der Waals surface area (Å²) < 4.78 is 0. The fourth-order valence-corrected chi connectivity index (χ4v) is 4.62. The Kier molecular flexibility index (Phi) is 7.50. The van der Waals surface area contributed by atoms with Crippen LogP contribution in [0.2, 0.25) is 0 Å². The van der Waals surface area contributed by atoms with Crippen LogP contribution in [0.5, 0.6) is 0 Å². The second-order valence-electron chi connectivity index (χ2n) is 8.92. The summed E-state index contributed by atoms with van der Waals surface area (Å²) in [7, 11) is 0. The van der Waals surface area contributed by atoms with Gasteiger partial charge in [-0.1, -0.05) is 61.5 Å². The largest absolute Gasteiger partial charge is 0.382 e. The van der Waals surface area contributed by atoms with E-state index in [1.165, 1.54) is 0 Å². The Morgan fingerprint density at radius 1 is 0.941 bits per heavy atom. The molecule has 2 aromatic carbocycles. The number of hydrogen-bond donors (Lipinski definition) is 2. The van der Waals surface area contributed by atoms with Gasteiger partial charge >= 0.3 is 0 Å². The van der Waals surface area contributed by atoms with E-state index in [9.17, 15) is 19.8 Å². The highest BCUT2D eigenvalue weighted by atomic mass is 16.3. The molecule has 2 heterocycles. The predicted octanol–water partition coefficient (Wildman–Crippen LogP) is 3.90. The monoisotopic (exact) mass is 458 g/mol. The molecule has 1 amide bonds. The molecule has 3 aromatic rings. The van der Waals surface area contributed by atoms with Gasteiger partial charge in [-0.25, -0.2) is 0 Å². The molecule has 1 aliphatic rings. The number of carbonyl (C=O) groups excluding carboxylic acids is 2. The lowest BCUT2D eigenvalue weighted by Gasteiger charge is -2.29. The van der Waals surface area contributed by atoms with Crippen molar-refractivity contribution in [2.75, 3.05) is 6.54 Å². The molecule has 1 aromatic heterocycles. The van der Waals surface area contributed by atoms with Crippen molar-refractivity contribution < 1.29 is 19.8 Å². The van der Waals surface area contributed by atoms with Crippen LogP contribution < -0.4 is 0 Å². The zero-order valence-corrected chi connectivity index (χ0v) is 19.2. The van der Waals surface area contributed by atoms with E-state index in [1.807, 2.05) is 73.7 Å². The van der Waals surface area contributed by atoms with E-state index < -0.39 is 23.9 Å². The van der Waals surface area contributed by atoms with E-state index in [4.69, 9.17) is 0 Å². The second-order valence-corrected chi connectivity index (χ2v) is 8.92. The average Bonchev–Trinajstić information content (AvgIpc) is 3.38. The highest BCUT2D eigenvalue weighted by Crippen LogP contribution is 2.32. The lowest BCUT2D eigenvalue weighted by molar-refractivity contribution is -0.153. The number of Topliss-reactive ketones (excluding diaryl/α,β-unsaturated/α-hetero) is 1. The van der Waals surface area contributed by atoms with Gasteiger partial charge in [0.15, 0.2) is 11.9 Å². The fourth-order valence-electron chi connectivity index (χ4n) is 4.62. The number of benzene rings is 2. The fraction of sp³-hybridized carbons (Fsp3) is 0.321. The molecule has 0 spiro atoms. The van der Waals surface area contributed by atoms with E-state index in [2.05, 4.69) is 4.98 Å². The van der Waals surface area contributed by atoms with Gasteiger partial charge in [-0.05, 0) is 53.1 Å². The number of likely N-dealkylation sites (tertiary alicyclic amines) is 1. The molecular weight excluding hydrogens is 428 g/mol. The molecule has 4 rings (SSSR count). The Balaban J connectivity index is 1.37. The van der Waals surface area contributed by atoms with Crippen LogP contribution in [-0.2, 0) is 9.59 Å². The number of carbonyl (C=O) groups is 2. The van der Waals surface area contributed by atoms with Gasteiger partial charge in [-0.3, -0.25) is 14.6 Å². The third kappa shape index (κ3) is 5.24. The molecule has 34 heavy (non-hydrogen) atoms. The smallest absolute Gasteiger partial charge is 0.255 e. The van der Waals surface area contributed by atoms with Gasteiger partial charge in [0, 0.05) is 25.4 Å². The number of hydrogen-bond acceptors (Lipinski definition) is 5. The number of aromatic nitrogens is 1. The van der Waals surface area contributed by atoms with Gasteiger partial charge in [-0.2, -0.15) is 0 Å². The van der Waals surface area contributed by atoms with Crippen LogP contribution in [0, 0.1) is 0 Å². The quantitative estimate of drug-likeness (QED) is 0.534. The molecule has 6 heteroatoms. The summed E-state index contributed by atoms with van der Waals surface area (Å²) in [5.74, 6) is -1.30. The summed E-state index contributed by atoms with van der Waals surface area (Å²) in [6.07, 6.45) is 1.60. The first-order valence-electron chi connectivity index (χ1n) is 11.7. The maximum Gasteiger partial charge on any atom is 0.255 e. The van der Waals surface area contributed by atoms with E-state index in [0.29, 0.717) is 6.54 Å². The maximum atomic E-state index is 13.0. The van der Waals surface area contributed by atoms with E-state index >= 15 is 0 Å². The van der Waals surface area contributed by atoms with Crippen molar-refractivity contribution in [1.29, 1.82) is 0 Å². The Labute approximate surface area is 199 Å². The van der Waals surface area contributed by atoms with Crippen molar-refractivity contribution in [1.82, 2.24) is 9.88 Å². The van der Waals surface area contributed by atoms with Crippen LogP contribution in [0.1, 0.15) is 49.3 Å². The summed E-state index contributed by atoms with van der Waals surface area (Å²) >= 11 is 0. The predicted molar refractivity (Wildman–Crippen MR) is 130 cm³/mol. The van der Waals surface area contributed by atoms with E-state index in [1.54, 1.807) is 17.3 Å². The van der Waals surface area contributed by atoms with Crippen LogP contribution >= 0.6 is 0 Å². The minimum atomic E-state index is -1.77. The summed E-state index contributed by atoms with van der Waals surface area (Å²) in [4.78, 5) is 31.3. The Morgan fingerprint density at radius 2 is 1.59 bits per heavy atom. The molecule has 0 bridgehead atoms. The standard InChI is InChI=1S/C28H30N2O4/c1-19(20-9-11-21(12-10-20)22-13-15-29-16-14-22)18-25(31)26(32)27(33)28(34)30-17-5-8-24(30)23-6-3-2-4-7-23/h2-4,6-7,9-16,19,24,26-27,32-33H,5,8,17-18H2,1H3/t19-,24-,26+,27-/m1/s1. The number of rotatable bonds is 8. The van der Waals surface area contributed by atoms with Crippen LogP contribution in [0.4, 0.5) is 0 Å². The van der Waals surface area contributed by atoms with E-state index in [-0.39, 0.29) is 18.4 Å². The molecule has 0 unspecified atom stereocenters. The van der Waals surface area contributed by atoms with Crippen LogP contribution in [0.3, 0.4) is 0 Å². The lowest BCUT2D eigenvalue weighted by Crippen LogP contribution is -2.47. The number of aliphatic hydroxyl groups is 2. The molecule has 1 aliphatic heterocycles. The molecule has 6 nitrogen and oxygen atoms in total. The van der Waals surface area contributed by atoms with Gasteiger partial charge in [0.25, 0.3) is 5.91 Å². The van der Waals surface area contributed by atoms with Crippen LogP contribution in [-0.4, -0.2) is 50.5 Å². The topological polar surface area (TPSA) is 90.7 Å². The summed E-state index contributed by atoms with van der Waals surface area (Å²) in [5, 5.41) is 21.1. The molecule has 1 fully saturated rings. The highest BCUT2D eigenvalue weighted by Gasteiger charge is 2.38. The third-order valence-corrected chi connectivity index (χ3v) is 6.60. The molecule has 0 radical (unpaired) electrons. The van der Waals surface area contributed by atoms with Crippen molar-refractivity contribution >= 4 is 11.7 Å². The Morgan fingerprint density at radius 3 is 2.26 bits per heavy atom. The SMILES string of the molecule is C[C@H](CC(=O)[C@H](O)[C@@H](O)C(=O)N1CCC[C@@H]1c1ccccc1)c1ccc(-c2ccncc2)cc1. The highest BCUT2D eigenvalue weighted by molar-refractivity contribution is 5.92. The van der Waals surface area contributed by atoms with Gasteiger partial charge in [0.2, 0.25) is 0 Å². The van der Waals surface area contributed by atoms with Crippen LogP contribution in [0.15, 0.2) is 79.1 Å². The molecule has 4 atom stereocenters. The lowest BCUT2D eigenvalue weighted by atomic mass is 9.91. The molecule has 1 saturated heterocycles. The zero-order chi connectivity index (χ0) is 24.1. The van der Waals surface area contributed by atoms with Gasteiger partial charge in [-0.15, -0.1) is 0 Å². The Hall–Kier alpha value is -3.35. The number of aliphatic hydroxyl groups excluding tert-OH is 2. The van der Waals surface area contributed by atoms with Gasteiger partial charge < -0.3 is 15.1 Å². The Bertz CT molecular complexity index is 1100. The van der Waals surface area contributed by atoms with Crippen molar-refractivity contribution in [3.05, 3.63) is 90.3 Å². The number of nitrogens with zero attached hydrogens (tertiary/aromatic N) is 2. The molecule has 0 saturated carbocycles. The first-order valence-corrected chi connectivity index (χ1v) is 11.7. The molecule has 0 aliphatic carbocycles. The minimum absolute atomic E-state index is 0.0300.